The summed E-state index contributed by atoms with van der Waals surface area (Å²) in [4.78, 5) is 15.4. The maximum Gasteiger partial charge on any atom is 0.150 e. The largest absolute Gasteiger partial charge is 0.508 e. The fourth-order valence-electron chi connectivity index (χ4n) is 4.03. The molecule has 3 aromatic rings. The van der Waals surface area contributed by atoms with Crippen LogP contribution in [-0.4, -0.2) is 74.1 Å². The number of piperazine rings is 1. The first kappa shape index (κ1) is 31.0. The van der Waals surface area contributed by atoms with E-state index in [9.17, 15) is 9.90 Å². The van der Waals surface area contributed by atoms with Crippen molar-refractivity contribution in [2.45, 2.75) is 39.8 Å². The predicted octanol–water partition coefficient (Wildman–Crippen LogP) is 5.24. The number of benzene rings is 3. The fourth-order valence-corrected chi connectivity index (χ4v) is 4.03. The van der Waals surface area contributed by atoms with Gasteiger partial charge in [0.1, 0.15) is 17.8 Å². The SMILES string of the molecule is CCN(C)CC.COc1cccc(Cc2cccc(C=O)c2)c1.C[C@H]1CN(Cc2ccc(O)cc2)CCN1. The van der Waals surface area contributed by atoms with E-state index in [1.54, 1.807) is 19.2 Å². The molecule has 4 rings (SSSR count). The Morgan fingerprint density at radius 1 is 1.00 bits per heavy atom. The van der Waals surface area contributed by atoms with Crippen LogP contribution in [0.1, 0.15) is 47.8 Å². The molecule has 6 nitrogen and oxygen atoms in total. The number of aromatic hydroxyl groups is 1. The van der Waals surface area contributed by atoms with Gasteiger partial charge in [0.25, 0.3) is 0 Å². The van der Waals surface area contributed by atoms with Crippen LogP contribution in [0.4, 0.5) is 0 Å². The normalized spacial score (nSPS) is 15.1. The number of carbonyl (C=O) groups is 1. The van der Waals surface area contributed by atoms with E-state index in [4.69, 9.17) is 4.74 Å². The van der Waals surface area contributed by atoms with Crippen LogP contribution in [-0.2, 0) is 13.0 Å². The highest BCUT2D eigenvalue weighted by Crippen LogP contribution is 2.16. The van der Waals surface area contributed by atoms with Crippen molar-refractivity contribution in [3.63, 3.8) is 0 Å². The van der Waals surface area contributed by atoms with Gasteiger partial charge < -0.3 is 20.1 Å². The molecule has 1 aliphatic rings. The molecule has 1 aliphatic heterocycles. The maximum atomic E-state index is 10.7. The van der Waals surface area contributed by atoms with Crippen LogP contribution in [0.15, 0.2) is 72.8 Å². The van der Waals surface area contributed by atoms with E-state index in [1.165, 1.54) is 11.1 Å². The average Bonchev–Trinajstić information content (AvgIpc) is 2.95. The molecule has 206 valence electrons. The summed E-state index contributed by atoms with van der Waals surface area (Å²) in [6.45, 7) is 13.1. The summed E-state index contributed by atoms with van der Waals surface area (Å²) in [6.07, 6.45) is 1.67. The molecule has 0 bridgehead atoms. The summed E-state index contributed by atoms with van der Waals surface area (Å²) in [5, 5.41) is 12.6. The lowest BCUT2D eigenvalue weighted by molar-refractivity contribution is 0.112. The third-order valence-corrected chi connectivity index (χ3v) is 6.50. The summed E-state index contributed by atoms with van der Waals surface area (Å²) >= 11 is 0. The molecular weight excluding hydrogens is 474 g/mol. The molecule has 0 amide bonds. The Morgan fingerprint density at radius 2 is 1.66 bits per heavy atom. The van der Waals surface area contributed by atoms with Crippen LogP contribution in [0, 0.1) is 0 Å². The Balaban J connectivity index is 0.000000222. The minimum atomic E-state index is 0.340. The molecule has 2 N–H and O–H groups in total. The van der Waals surface area contributed by atoms with Crippen molar-refractivity contribution < 1.29 is 14.6 Å². The molecule has 3 aromatic carbocycles. The van der Waals surface area contributed by atoms with Gasteiger partial charge in [0, 0.05) is 37.8 Å². The van der Waals surface area contributed by atoms with Crippen molar-refractivity contribution in [2.24, 2.45) is 0 Å². The fraction of sp³-hybridized carbons (Fsp3) is 0.406. The zero-order valence-electron chi connectivity index (χ0n) is 23.7. The quantitative estimate of drug-likeness (QED) is 0.397. The number of hydrogen-bond donors (Lipinski definition) is 2. The van der Waals surface area contributed by atoms with Crippen LogP contribution in [0.25, 0.3) is 0 Å². The van der Waals surface area contributed by atoms with Gasteiger partial charge in [0.15, 0.2) is 0 Å². The maximum absolute atomic E-state index is 10.7. The molecule has 1 saturated heterocycles. The minimum Gasteiger partial charge on any atom is -0.508 e. The summed E-state index contributed by atoms with van der Waals surface area (Å²) < 4.78 is 5.18. The third-order valence-electron chi connectivity index (χ3n) is 6.50. The van der Waals surface area contributed by atoms with Crippen LogP contribution < -0.4 is 10.1 Å². The molecule has 0 saturated carbocycles. The van der Waals surface area contributed by atoms with Crippen LogP contribution >= 0.6 is 0 Å². The van der Waals surface area contributed by atoms with E-state index >= 15 is 0 Å². The van der Waals surface area contributed by atoms with Crippen molar-refractivity contribution in [3.05, 3.63) is 95.1 Å². The molecule has 1 fully saturated rings. The molecule has 1 atom stereocenters. The zero-order valence-corrected chi connectivity index (χ0v) is 23.7. The molecule has 0 spiro atoms. The summed E-state index contributed by atoms with van der Waals surface area (Å²) in [5.41, 5.74) is 4.28. The number of nitrogens with one attached hydrogen (secondary N) is 1. The van der Waals surface area contributed by atoms with Crippen molar-refractivity contribution in [1.29, 1.82) is 0 Å². The minimum absolute atomic E-state index is 0.340. The number of phenols is 1. The van der Waals surface area contributed by atoms with Gasteiger partial charge in [-0.3, -0.25) is 9.69 Å². The molecule has 0 radical (unpaired) electrons. The molecule has 1 heterocycles. The molecular formula is C32H45N3O3. The molecule has 6 heteroatoms. The molecule has 0 aromatic heterocycles. The Hall–Kier alpha value is -3.19. The third kappa shape index (κ3) is 11.9. The van der Waals surface area contributed by atoms with Gasteiger partial charge in [-0.1, -0.05) is 56.3 Å². The standard InChI is InChI=1S/C15H14O2.C12H18N2O.C5H13N/c1-17-15-7-3-5-13(10-15)8-12-4-2-6-14(9-12)11-16;1-10-8-14(7-6-13-10)9-11-2-4-12(15)5-3-11;1-4-6(3)5-2/h2-7,9-11H,8H2,1H3;2-5,10,13,15H,6-9H2,1H3;4-5H2,1-3H3/t;10-;/m.0./s1. The molecule has 38 heavy (non-hydrogen) atoms. The first-order chi connectivity index (χ1) is 18.4. The summed E-state index contributed by atoms with van der Waals surface area (Å²) in [7, 11) is 3.77. The van der Waals surface area contributed by atoms with Crippen molar-refractivity contribution >= 4 is 6.29 Å². The van der Waals surface area contributed by atoms with Gasteiger partial charge in [0.2, 0.25) is 0 Å². The number of methoxy groups -OCH3 is 1. The Kier molecular flexibility index (Phi) is 14.2. The van der Waals surface area contributed by atoms with Gasteiger partial charge in [-0.15, -0.1) is 0 Å². The topological polar surface area (TPSA) is 65.0 Å². The van der Waals surface area contributed by atoms with E-state index in [-0.39, 0.29) is 0 Å². The van der Waals surface area contributed by atoms with Gasteiger partial charge >= 0.3 is 0 Å². The monoisotopic (exact) mass is 519 g/mol. The highest BCUT2D eigenvalue weighted by atomic mass is 16.5. The highest BCUT2D eigenvalue weighted by molar-refractivity contribution is 5.75. The lowest BCUT2D eigenvalue weighted by atomic mass is 10.0. The number of phenolic OH excluding ortho intramolecular Hbond substituents is 1. The number of carbonyl (C=O) groups excluding carboxylic acids is 1. The second-order valence-electron chi connectivity index (χ2n) is 9.64. The zero-order chi connectivity index (χ0) is 27.8. The van der Waals surface area contributed by atoms with E-state index in [0.29, 0.717) is 17.4 Å². The average molecular weight is 520 g/mol. The van der Waals surface area contributed by atoms with Crippen LogP contribution in [0.2, 0.25) is 0 Å². The second-order valence-corrected chi connectivity index (χ2v) is 9.64. The van der Waals surface area contributed by atoms with Gasteiger partial charge in [-0.05, 0) is 80.5 Å². The lowest BCUT2D eigenvalue weighted by Gasteiger charge is -2.31. The van der Waals surface area contributed by atoms with E-state index in [2.05, 4.69) is 49.0 Å². The van der Waals surface area contributed by atoms with E-state index < -0.39 is 0 Å². The van der Waals surface area contributed by atoms with E-state index in [1.807, 2.05) is 54.6 Å². The Morgan fingerprint density at radius 3 is 2.24 bits per heavy atom. The van der Waals surface area contributed by atoms with Crippen molar-refractivity contribution in [2.75, 3.05) is 46.9 Å². The van der Waals surface area contributed by atoms with Gasteiger partial charge in [0.05, 0.1) is 7.11 Å². The van der Waals surface area contributed by atoms with Gasteiger partial charge in [-0.25, -0.2) is 0 Å². The molecule has 0 unspecified atom stereocenters. The Labute approximate surface area is 229 Å². The Bertz CT molecular complexity index is 1070. The highest BCUT2D eigenvalue weighted by Gasteiger charge is 2.15. The second kappa shape index (κ2) is 17.3. The van der Waals surface area contributed by atoms with Crippen LogP contribution in [0.3, 0.4) is 0 Å². The number of rotatable bonds is 8. The number of ether oxygens (including phenoxy) is 1. The van der Waals surface area contributed by atoms with Crippen molar-refractivity contribution in [3.8, 4) is 11.5 Å². The van der Waals surface area contributed by atoms with E-state index in [0.717, 1.165) is 63.3 Å². The number of nitrogens with zero attached hydrogens (tertiary/aromatic N) is 2. The first-order valence-corrected chi connectivity index (χ1v) is 13.5. The number of aldehydes is 1. The number of hydrogen-bond acceptors (Lipinski definition) is 6. The molecule has 0 aliphatic carbocycles. The predicted molar refractivity (Wildman–Crippen MR) is 157 cm³/mol. The van der Waals surface area contributed by atoms with Gasteiger partial charge in [-0.2, -0.15) is 0 Å². The first-order valence-electron chi connectivity index (χ1n) is 13.5. The summed E-state index contributed by atoms with van der Waals surface area (Å²) in [5.74, 6) is 1.20. The van der Waals surface area contributed by atoms with Crippen molar-refractivity contribution in [1.82, 2.24) is 15.1 Å². The summed E-state index contributed by atoms with van der Waals surface area (Å²) in [6, 6.07) is 23.6. The van der Waals surface area contributed by atoms with Crippen LogP contribution in [0.5, 0.6) is 11.5 Å². The lowest BCUT2D eigenvalue weighted by Crippen LogP contribution is -2.48. The smallest absolute Gasteiger partial charge is 0.150 e.